The lowest BCUT2D eigenvalue weighted by molar-refractivity contribution is -0.141. The Morgan fingerprint density at radius 1 is 0.556 bits per heavy atom. The summed E-state index contributed by atoms with van der Waals surface area (Å²) in [4.78, 5) is 48.0. The quantitative estimate of drug-likeness (QED) is 0.0213. The van der Waals surface area contributed by atoms with Gasteiger partial charge in [0, 0.05) is 12.2 Å². The van der Waals surface area contributed by atoms with Gasteiger partial charge in [-0.25, -0.2) is 19.2 Å². The minimum atomic E-state index is -0.943. The van der Waals surface area contributed by atoms with Crippen LogP contribution in [0.15, 0.2) is 148 Å². The van der Waals surface area contributed by atoms with Crippen molar-refractivity contribution >= 4 is 24.1 Å². The van der Waals surface area contributed by atoms with Crippen molar-refractivity contribution < 1.29 is 57.1 Å². The molecule has 0 atom stereocenters. The third-order valence-corrected chi connectivity index (χ3v) is 9.16. The second-order valence-electron chi connectivity index (χ2n) is 13.0. The number of ether oxygens (including phenoxy) is 8. The molecule has 63 heavy (non-hydrogen) atoms. The smallest absolute Gasteiger partial charge is 0.409 e. The molecule has 14 heteroatoms. The van der Waals surface area contributed by atoms with E-state index in [1.807, 2.05) is 72.8 Å². The molecule has 322 valence electrons. The Labute approximate surface area is 365 Å². The van der Waals surface area contributed by atoms with Crippen LogP contribution in [0, 0.1) is 24.1 Å². The van der Waals surface area contributed by atoms with Gasteiger partial charge in [-0.3, -0.25) is 5.32 Å². The van der Waals surface area contributed by atoms with Crippen LogP contribution < -0.4 is 20.1 Å². The highest BCUT2D eigenvalue weighted by atomic mass is 16.6. The van der Waals surface area contributed by atoms with Crippen LogP contribution in [0.1, 0.15) is 22.3 Å². The van der Waals surface area contributed by atoms with Gasteiger partial charge < -0.3 is 43.2 Å². The molecule has 0 aromatic heterocycles. The fourth-order valence-electron chi connectivity index (χ4n) is 6.57. The van der Waals surface area contributed by atoms with Crippen molar-refractivity contribution in [3.05, 3.63) is 170 Å². The monoisotopic (exact) mass is 852 g/mol. The Bertz CT molecular complexity index is 2310. The lowest BCUT2D eigenvalue weighted by Gasteiger charge is -2.34. The van der Waals surface area contributed by atoms with Gasteiger partial charge in [0.15, 0.2) is 6.04 Å². The Hall–Kier alpha value is -8.36. The fraction of sp³-hybridized carbons (Fsp3) is 0.184. The first-order valence-corrected chi connectivity index (χ1v) is 19.4. The van der Waals surface area contributed by atoms with E-state index in [4.69, 9.17) is 37.9 Å². The van der Waals surface area contributed by atoms with Crippen LogP contribution in [0.4, 0.5) is 9.59 Å². The molecule has 0 radical (unpaired) electrons. The van der Waals surface area contributed by atoms with E-state index in [0.717, 1.165) is 58.1 Å². The molecule has 1 aliphatic rings. The number of carbonyl (C=O) groups is 4. The summed E-state index contributed by atoms with van der Waals surface area (Å²) < 4.78 is 41.9. The highest BCUT2D eigenvalue weighted by Gasteiger charge is 2.45. The molecule has 0 fully saturated rings. The van der Waals surface area contributed by atoms with E-state index < -0.39 is 41.6 Å². The first-order chi connectivity index (χ1) is 30.7. The highest BCUT2D eigenvalue weighted by Crippen LogP contribution is 2.56. The van der Waals surface area contributed by atoms with Gasteiger partial charge in [-0.2, -0.15) is 0 Å². The van der Waals surface area contributed by atoms with Gasteiger partial charge >= 0.3 is 24.1 Å². The molecule has 0 saturated heterocycles. The van der Waals surface area contributed by atoms with Gasteiger partial charge in [-0.15, -0.1) is 0 Å². The molecule has 2 amide bonds. The number of fused-ring (bicyclic) bond motifs is 3. The van der Waals surface area contributed by atoms with Gasteiger partial charge in [0.05, 0.1) is 17.9 Å². The molecule has 2 N–H and O–H groups in total. The van der Waals surface area contributed by atoms with Gasteiger partial charge in [0.1, 0.15) is 69.4 Å². The third-order valence-electron chi connectivity index (χ3n) is 9.16. The van der Waals surface area contributed by atoms with E-state index >= 15 is 0 Å². The molecule has 0 spiro atoms. The van der Waals surface area contributed by atoms with Crippen LogP contribution in [0.5, 0.6) is 11.5 Å². The maximum atomic E-state index is 12.5. The van der Waals surface area contributed by atoms with Crippen LogP contribution >= 0.6 is 0 Å². The summed E-state index contributed by atoms with van der Waals surface area (Å²) in [6.07, 6.45) is 7.31. The lowest BCUT2D eigenvalue weighted by Crippen LogP contribution is -2.43. The summed E-state index contributed by atoms with van der Waals surface area (Å²) in [6, 6.07) is 30.3. The maximum absolute atomic E-state index is 12.5. The van der Waals surface area contributed by atoms with Crippen molar-refractivity contribution in [1.29, 1.82) is 0 Å². The van der Waals surface area contributed by atoms with Crippen molar-refractivity contribution in [3.63, 3.8) is 0 Å². The molecule has 0 heterocycles. The van der Waals surface area contributed by atoms with Crippen LogP contribution in [-0.4, -0.2) is 75.9 Å². The first kappa shape index (κ1) is 45.7. The predicted octanol–water partition coefficient (Wildman–Crippen LogP) is 6.70. The number of carbonyl (C=O) groups excluding carboxylic acids is 4. The van der Waals surface area contributed by atoms with Crippen LogP contribution in [-0.2, 0) is 43.4 Å². The van der Waals surface area contributed by atoms with E-state index in [1.54, 1.807) is 0 Å². The number of alkyl carbamates (subject to hydrolysis) is 2. The fourth-order valence-corrected chi connectivity index (χ4v) is 6.57. The van der Waals surface area contributed by atoms with E-state index in [9.17, 15) is 19.2 Å². The average molecular weight is 853 g/mol. The molecule has 14 nitrogen and oxygen atoms in total. The highest BCUT2D eigenvalue weighted by molar-refractivity contribution is 5.86. The van der Waals surface area contributed by atoms with E-state index in [1.165, 1.54) is 0 Å². The summed E-state index contributed by atoms with van der Waals surface area (Å²) in [6.45, 7) is 12.8. The Morgan fingerprint density at radius 2 is 0.984 bits per heavy atom. The van der Waals surface area contributed by atoms with Crippen LogP contribution in [0.3, 0.4) is 0 Å². The third kappa shape index (κ3) is 12.3. The van der Waals surface area contributed by atoms with E-state index in [0.29, 0.717) is 11.5 Å². The number of rotatable bonds is 20. The topological polar surface area (TPSA) is 166 Å². The first-order valence-electron chi connectivity index (χ1n) is 19.4. The minimum Gasteiger partial charge on any atom is -0.490 e. The normalized spacial score (nSPS) is 11.3. The summed E-state index contributed by atoms with van der Waals surface area (Å²) in [7, 11) is 0. The van der Waals surface area contributed by atoms with Gasteiger partial charge in [-0.1, -0.05) is 99.1 Å². The molecule has 1 aliphatic carbocycles. The molecule has 0 unspecified atom stereocenters. The summed E-state index contributed by atoms with van der Waals surface area (Å²) >= 11 is 0. The summed E-state index contributed by atoms with van der Waals surface area (Å²) in [5.41, 5.74) is 5.69. The second-order valence-corrected chi connectivity index (χ2v) is 13.0. The largest absolute Gasteiger partial charge is 0.490 e. The maximum Gasteiger partial charge on any atom is 0.409 e. The Balaban J connectivity index is 1.24. The molecule has 0 saturated carbocycles. The van der Waals surface area contributed by atoms with Crippen molar-refractivity contribution in [2.24, 2.45) is 0 Å². The molecule has 4 aromatic carbocycles. The van der Waals surface area contributed by atoms with E-state index in [2.05, 4.69) is 85.3 Å². The molecular weight excluding hydrogens is 809 g/mol. The number of esters is 2. The molecule has 5 rings (SSSR count). The zero-order valence-corrected chi connectivity index (χ0v) is 34.2. The zero-order chi connectivity index (χ0) is 44.9. The summed E-state index contributed by atoms with van der Waals surface area (Å²) in [5.74, 6) is 4.89. The van der Waals surface area contributed by atoms with E-state index in [-0.39, 0.29) is 39.6 Å². The second kappa shape index (κ2) is 23.4. The number of hydrogen-bond acceptors (Lipinski definition) is 12. The van der Waals surface area contributed by atoms with Crippen molar-refractivity contribution in [2.45, 2.75) is 17.5 Å². The van der Waals surface area contributed by atoms with Crippen LogP contribution in [0.2, 0.25) is 0 Å². The Morgan fingerprint density at radius 3 is 1.41 bits per heavy atom. The van der Waals surface area contributed by atoms with Crippen LogP contribution in [0.25, 0.3) is 11.1 Å². The minimum absolute atomic E-state index is 0.0310. The lowest BCUT2D eigenvalue weighted by atomic mass is 9.68. The van der Waals surface area contributed by atoms with Crippen molar-refractivity contribution in [2.75, 3.05) is 39.6 Å². The standard InChI is InChI=1S/C49H44N2O12/c1-5-45(52)62-33-38(34-63-46(53)6-2)51-48(55)61-32-30-59-40-23-19-36(20-24-40)49(43-15-11-9-13-41(43)42-14-10-12-16-44(42)49)35-17-21-39(22-18-35)58-29-31-60-47(54)50-37(25-27-56-7-3)26-28-57-8-4/h5-24,37-38H,1-4,29-34H2,(H,50,54)(H,51,55). The Kier molecular flexibility index (Phi) is 17.0. The van der Waals surface area contributed by atoms with Gasteiger partial charge in [0.25, 0.3) is 0 Å². The predicted molar refractivity (Wildman–Crippen MR) is 232 cm³/mol. The molecule has 0 aliphatic heterocycles. The van der Waals surface area contributed by atoms with Gasteiger partial charge in [0.2, 0.25) is 0 Å². The molecule has 4 aromatic rings. The molecular formula is C49H44N2O12. The number of benzene rings is 4. The number of amides is 2. The van der Waals surface area contributed by atoms with Gasteiger partial charge in [-0.05, 0) is 69.5 Å². The average Bonchev–Trinajstić information content (AvgIpc) is 3.61. The van der Waals surface area contributed by atoms with Crippen molar-refractivity contribution in [3.8, 4) is 46.7 Å². The SMILES string of the molecule is C=COC#CC(C#COC=C)NC(=O)OCCOc1ccc(C2(c3ccc(OCCOC(=O)NC(COC(=O)C=C)COC(=O)C=C)cc3)c3ccccc3-c3ccccc32)cc1. The zero-order valence-electron chi connectivity index (χ0n) is 34.2. The molecule has 0 bridgehead atoms. The summed E-state index contributed by atoms with van der Waals surface area (Å²) in [5, 5.41) is 5.00. The number of hydrogen-bond donors (Lipinski definition) is 2. The number of nitrogens with one attached hydrogen (secondary N) is 2. The van der Waals surface area contributed by atoms with Crippen molar-refractivity contribution in [1.82, 2.24) is 10.6 Å².